The molecule has 0 aliphatic heterocycles. The second-order valence-corrected chi connectivity index (χ2v) is 6.59. The SMILES string of the molecule is C=CC(C)OC(=O)NCCCCCCNC(=O)OC(C=C)c1ccc(C)cc1. The first kappa shape index (κ1) is 23.3. The molecule has 0 aliphatic carbocycles. The predicted octanol–water partition coefficient (Wildman–Crippen LogP) is 4.81. The van der Waals surface area contributed by atoms with E-state index in [-0.39, 0.29) is 6.10 Å². The van der Waals surface area contributed by atoms with Gasteiger partial charge in [0.25, 0.3) is 0 Å². The van der Waals surface area contributed by atoms with E-state index in [4.69, 9.17) is 9.47 Å². The van der Waals surface area contributed by atoms with E-state index >= 15 is 0 Å². The quantitative estimate of drug-likeness (QED) is 0.398. The van der Waals surface area contributed by atoms with Gasteiger partial charge in [-0.05, 0) is 38.3 Å². The maximum absolute atomic E-state index is 11.9. The number of carbonyl (C=O) groups is 2. The van der Waals surface area contributed by atoms with Crippen molar-refractivity contribution in [2.24, 2.45) is 0 Å². The highest BCUT2D eigenvalue weighted by Gasteiger charge is 2.12. The van der Waals surface area contributed by atoms with Crippen LogP contribution in [0.3, 0.4) is 0 Å². The lowest BCUT2D eigenvalue weighted by molar-refractivity contribution is 0.119. The van der Waals surface area contributed by atoms with Gasteiger partial charge in [-0.2, -0.15) is 0 Å². The zero-order chi connectivity index (χ0) is 20.8. The van der Waals surface area contributed by atoms with Gasteiger partial charge in [0, 0.05) is 13.1 Å². The van der Waals surface area contributed by atoms with E-state index in [1.54, 1.807) is 19.1 Å². The fourth-order valence-corrected chi connectivity index (χ4v) is 2.41. The second-order valence-electron chi connectivity index (χ2n) is 6.59. The van der Waals surface area contributed by atoms with E-state index in [1.165, 1.54) is 0 Å². The number of aryl methyl sites for hydroxylation is 1. The third-order valence-electron chi connectivity index (χ3n) is 4.12. The summed E-state index contributed by atoms with van der Waals surface area (Å²) in [6.45, 7) is 12.2. The number of unbranched alkanes of at least 4 members (excludes halogenated alkanes) is 3. The maximum atomic E-state index is 11.9. The van der Waals surface area contributed by atoms with Crippen LogP contribution < -0.4 is 10.6 Å². The molecule has 28 heavy (non-hydrogen) atoms. The zero-order valence-electron chi connectivity index (χ0n) is 16.9. The Kier molecular flexibility index (Phi) is 11.2. The molecule has 6 heteroatoms. The standard InChI is InChI=1S/C22H32N2O4/c1-5-18(4)27-21(25)23-15-9-7-8-10-16-24-22(26)28-20(6-2)19-13-11-17(3)12-14-19/h5-6,11-14,18,20H,1-2,7-10,15-16H2,3-4H3,(H,23,25)(H,24,26). The lowest BCUT2D eigenvalue weighted by atomic mass is 10.1. The molecule has 0 fully saturated rings. The summed E-state index contributed by atoms with van der Waals surface area (Å²) < 4.78 is 10.4. The topological polar surface area (TPSA) is 76.7 Å². The molecule has 0 saturated heterocycles. The number of carbonyl (C=O) groups excluding carboxylic acids is 2. The number of benzene rings is 1. The molecule has 0 spiro atoms. The number of hydrogen-bond acceptors (Lipinski definition) is 4. The van der Waals surface area contributed by atoms with Crippen molar-refractivity contribution in [1.82, 2.24) is 10.6 Å². The van der Waals surface area contributed by atoms with Crippen LogP contribution in [0.4, 0.5) is 9.59 Å². The lowest BCUT2D eigenvalue weighted by Gasteiger charge is -2.15. The molecule has 0 aromatic heterocycles. The van der Waals surface area contributed by atoms with Crippen molar-refractivity contribution in [3.05, 3.63) is 60.7 Å². The van der Waals surface area contributed by atoms with Crippen molar-refractivity contribution in [2.45, 2.75) is 51.7 Å². The van der Waals surface area contributed by atoms with Crippen LogP contribution in [-0.2, 0) is 9.47 Å². The molecule has 2 N–H and O–H groups in total. The van der Waals surface area contributed by atoms with Gasteiger partial charge >= 0.3 is 12.2 Å². The van der Waals surface area contributed by atoms with Crippen LogP contribution in [0.15, 0.2) is 49.6 Å². The second kappa shape index (κ2) is 13.4. The molecule has 154 valence electrons. The van der Waals surface area contributed by atoms with Crippen LogP contribution >= 0.6 is 0 Å². The minimum absolute atomic E-state index is 0.294. The van der Waals surface area contributed by atoms with Gasteiger partial charge in [-0.3, -0.25) is 0 Å². The van der Waals surface area contributed by atoms with Gasteiger partial charge in [-0.15, -0.1) is 0 Å². The first-order valence-electron chi connectivity index (χ1n) is 9.67. The molecule has 2 amide bonds. The first-order chi connectivity index (χ1) is 13.5. The summed E-state index contributed by atoms with van der Waals surface area (Å²) in [5, 5.41) is 5.45. The summed E-state index contributed by atoms with van der Waals surface area (Å²) in [5.41, 5.74) is 2.04. The van der Waals surface area contributed by atoms with E-state index < -0.39 is 18.3 Å². The molecule has 1 rings (SSSR count). The Morgan fingerprint density at radius 3 is 1.96 bits per heavy atom. The molecule has 2 unspecified atom stereocenters. The molecule has 0 radical (unpaired) electrons. The molecular weight excluding hydrogens is 356 g/mol. The van der Waals surface area contributed by atoms with E-state index in [0.717, 1.165) is 36.8 Å². The van der Waals surface area contributed by atoms with Gasteiger partial charge in [0.1, 0.15) is 12.2 Å². The molecular formula is C22H32N2O4. The number of alkyl carbamates (subject to hydrolysis) is 2. The summed E-state index contributed by atoms with van der Waals surface area (Å²) in [4.78, 5) is 23.3. The van der Waals surface area contributed by atoms with Crippen molar-refractivity contribution in [3.8, 4) is 0 Å². The minimum Gasteiger partial charge on any atom is -0.442 e. The third-order valence-corrected chi connectivity index (χ3v) is 4.12. The van der Waals surface area contributed by atoms with Crippen LogP contribution in [0.2, 0.25) is 0 Å². The van der Waals surface area contributed by atoms with Crippen molar-refractivity contribution in [2.75, 3.05) is 13.1 Å². The Hall–Kier alpha value is -2.76. The first-order valence-corrected chi connectivity index (χ1v) is 9.67. The van der Waals surface area contributed by atoms with Gasteiger partial charge in [0.05, 0.1) is 0 Å². The highest BCUT2D eigenvalue weighted by atomic mass is 16.6. The summed E-state index contributed by atoms with van der Waals surface area (Å²) in [5.74, 6) is 0. The van der Waals surface area contributed by atoms with Crippen LogP contribution in [0.5, 0.6) is 0 Å². The van der Waals surface area contributed by atoms with Gasteiger partial charge in [-0.1, -0.05) is 61.9 Å². The molecule has 6 nitrogen and oxygen atoms in total. The summed E-state index contributed by atoms with van der Waals surface area (Å²) >= 11 is 0. The van der Waals surface area contributed by atoms with Gasteiger partial charge in [0.15, 0.2) is 0 Å². The fraction of sp³-hybridized carbons (Fsp3) is 0.455. The monoisotopic (exact) mass is 388 g/mol. The molecule has 0 heterocycles. The Bertz CT molecular complexity index is 628. The Balaban J connectivity index is 2.10. The Morgan fingerprint density at radius 1 is 0.929 bits per heavy atom. The van der Waals surface area contributed by atoms with Crippen molar-refractivity contribution in [3.63, 3.8) is 0 Å². The highest BCUT2D eigenvalue weighted by molar-refractivity contribution is 5.68. The maximum Gasteiger partial charge on any atom is 0.408 e. The molecule has 0 bridgehead atoms. The lowest BCUT2D eigenvalue weighted by Crippen LogP contribution is -2.28. The van der Waals surface area contributed by atoms with Crippen molar-refractivity contribution >= 4 is 12.2 Å². The van der Waals surface area contributed by atoms with E-state index in [2.05, 4.69) is 23.8 Å². The largest absolute Gasteiger partial charge is 0.442 e. The van der Waals surface area contributed by atoms with E-state index in [9.17, 15) is 9.59 Å². The molecule has 0 aliphatic rings. The average Bonchev–Trinajstić information content (AvgIpc) is 2.68. The van der Waals surface area contributed by atoms with E-state index in [1.807, 2.05) is 31.2 Å². The minimum atomic E-state index is -0.463. The van der Waals surface area contributed by atoms with Crippen LogP contribution in [-0.4, -0.2) is 31.4 Å². The van der Waals surface area contributed by atoms with Gasteiger partial charge in [-0.25, -0.2) is 9.59 Å². The van der Waals surface area contributed by atoms with Gasteiger partial charge < -0.3 is 20.1 Å². The summed E-state index contributed by atoms with van der Waals surface area (Å²) in [7, 11) is 0. The molecule has 1 aromatic rings. The number of nitrogens with one attached hydrogen (secondary N) is 2. The third kappa shape index (κ3) is 9.80. The highest BCUT2D eigenvalue weighted by Crippen LogP contribution is 2.19. The number of ether oxygens (including phenoxy) is 2. The van der Waals surface area contributed by atoms with Crippen LogP contribution in [0, 0.1) is 6.92 Å². The number of hydrogen-bond donors (Lipinski definition) is 2. The summed E-state index contributed by atoms with van der Waals surface area (Å²) in [6, 6.07) is 7.80. The molecule has 1 aromatic carbocycles. The summed E-state index contributed by atoms with van der Waals surface area (Å²) in [6.07, 6.45) is 5.13. The zero-order valence-corrected chi connectivity index (χ0v) is 16.9. The molecule has 2 atom stereocenters. The number of rotatable bonds is 12. The van der Waals surface area contributed by atoms with Crippen molar-refractivity contribution < 1.29 is 19.1 Å². The predicted molar refractivity (Wildman–Crippen MR) is 111 cm³/mol. The smallest absolute Gasteiger partial charge is 0.408 e. The van der Waals surface area contributed by atoms with Crippen LogP contribution in [0.1, 0.15) is 49.8 Å². The van der Waals surface area contributed by atoms with Crippen molar-refractivity contribution in [1.29, 1.82) is 0 Å². The average molecular weight is 389 g/mol. The van der Waals surface area contributed by atoms with Crippen LogP contribution in [0.25, 0.3) is 0 Å². The Labute approximate surface area is 168 Å². The van der Waals surface area contributed by atoms with E-state index in [0.29, 0.717) is 13.1 Å². The Morgan fingerprint density at radius 2 is 1.46 bits per heavy atom. The fourth-order valence-electron chi connectivity index (χ4n) is 2.41. The van der Waals surface area contributed by atoms with Gasteiger partial charge in [0.2, 0.25) is 0 Å². The number of amides is 2. The normalized spacial score (nSPS) is 12.4. The molecule has 0 saturated carbocycles.